The number of nitro benzene ring substituents is 1. The first-order chi connectivity index (χ1) is 11.4. The molecule has 1 amide bonds. The Bertz CT molecular complexity index is 752. The summed E-state index contributed by atoms with van der Waals surface area (Å²) >= 11 is 5.94. The number of non-ortho nitro benzene ring substituents is 1. The van der Waals surface area contributed by atoms with Crippen molar-refractivity contribution >= 4 is 23.2 Å². The first-order valence-electron chi connectivity index (χ1n) is 6.96. The molecule has 0 saturated carbocycles. The van der Waals surface area contributed by atoms with Gasteiger partial charge in [-0.15, -0.1) is 0 Å². The molecule has 2 aromatic rings. The number of ether oxygens (including phenoxy) is 1. The number of hydrogen-bond donors (Lipinski definition) is 0. The maximum absolute atomic E-state index is 12.8. The van der Waals surface area contributed by atoms with Gasteiger partial charge in [-0.2, -0.15) is 0 Å². The van der Waals surface area contributed by atoms with E-state index >= 15 is 0 Å². The lowest BCUT2D eigenvalue weighted by Gasteiger charge is -2.18. The van der Waals surface area contributed by atoms with E-state index in [9.17, 15) is 19.3 Å². The molecule has 0 aromatic heterocycles. The Labute approximate surface area is 142 Å². The van der Waals surface area contributed by atoms with Gasteiger partial charge in [-0.3, -0.25) is 14.9 Å². The predicted molar refractivity (Wildman–Crippen MR) is 87.0 cm³/mol. The summed E-state index contributed by atoms with van der Waals surface area (Å²) in [7, 11) is 1.56. The minimum Gasteiger partial charge on any atom is -0.492 e. The van der Waals surface area contributed by atoms with Crippen LogP contribution >= 0.6 is 11.6 Å². The van der Waals surface area contributed by atoms with E-state index in [-0.39, 0.29) is 41.1 Å². The number of amides is 1. The molecule has 2 rings (SSSR count). The fourth-order valence-corrected chi connectivity index (χ4v) is 2.19. The number of likely N-dealkylation sites (N-methyl/N-ethyl adjacent to an activating group) is 1. The van der Waals surface area contributed by atoms with Crippen molar-refractivity contribution in [3.63, 3.8) is 0 Å². The second-order valence-corrected chi connectivity index (χ2v) is 5.36. The number of halogens is 2. The molecule has 24 heavy (non-hydrogen) atoms. The van der Waals surface area contributed by atoms with E-state index in [1.165, 1.54) is 41.3 Å². The topological polar surface area (TPSA) is 72.7 Å². The Balaban J connectivity index is 1.94. The van der Waals surface area contributed by atoms with Crippen LogP contribution < -0.4 is 4.74 Å². The van der Waals surface area contributed by atoms with Crippen LogP contribution in [-0.4, -0.2) is 35.9 Å². The molecule has 6 nitrogen and oxygen atoms in total. The molecule has 0 fully saturated rings. The molecule has 0 unspecified atom stereocenters. The highest BCUT2D eigenvalue weighted by Gasteiger charge is 2.18. The van der Waals surface area contributed by atoms with E-state index in [0.29, 0.717) is 5.75 Å². The van der Waals surface area contributed by atoms with Crippen molar-refractivity contribution in [1.82, 2.24) is 4.90 Å². The molecular weight excluding hydrogens is 339 g/mol. The van der Waals surface area contributed by atoms with Gasteiger partial charge >= 0.3 is 0 Å². The van der Waals surface area contributed by atoms with E-state index < -0.39 is 4.92 Å². The monoisotopic (exact) mass is 352 g/mol. The summed E-state index contributed by atoms with van der Waals surface area (Å²) in [6.45, 7) is 0.474. The van der Waals surface area contributed by atoms with Crippen LogP contribution in [0.3, 0.4) is 0 Å². The molecule has 0 heterocycles. The molecule has 8 heteroatoms. The smallest absolute Gasteiger partial charge is 0.270 e. The van der Waals surface area contributed by atoms with Gasteiger partial charge in [0.2, 0.25) is 0 Å². The second kappa shape index (κ2) is 7.74. The van der Waals surface area contributed by atoms with Gasteiger partial charge in [0.25, 0.3) is 11.6 Å². The molecule has 0 radical (unpaired) electrons. The first-order valence-corrected chi connectivity index (χ1v) is 7.34. The van der Waals surface area contributed by atoms with Crippen molar-refractivity contribution in [2.45, 2.75) is 0 Å². The summed E-state index contributed by atoms with van der Waals surface area (Å²) in [6, 6.07) is 9.22. The van der Waals surface area contributed by atoms with Gasteiger partial charge in [0.05, 0.1) is 22.1 Å². The average molecular weight is 353 g/mol. The summed E-state index contributed by atoms with van der Waals surface area (Å²) in [4.78, 5) is 23.8. The summed E-state index contributed by atoms with van der Waals surface area (Å²) < 4.78 is 18.2. The fraction of sp³-hybridized carbons (Fsp3) is 0.188. The largest absolute Gasteiger partial charge is 0.492 e. The molecule has 0 N–H and O–H groups in total. The van der Waals surface area contributed by atoms with Crippen molar-refractivity contribution in [2.24, 2.45) is 0 Å². The van der Waals surface area contributed by atoms with Gasteiger partial charge < -0.3 is 9.64 Å². The maximum Gasteiger partial charge on any atom is 0.270 e. The van der Waals surface area contributed by atoms with Gasteiger partial charge in [-0.05, 0) is 30.3 Å². The summed E-state index contributed by atoms with van der Waals surface area (Å²) in [5.41, 5.74) is -0.00889. The van der Waals surface area contributed by atoms with Gasteiger partial charge in [0.15, 0.2) is 0 Å². The summed E-state index contributed by atoms with van der Waals surface area (Å²) in [5, 5.41) is 10.7. The molecule has 0 aliphatic rings. The van der Waals surface area contributed by atoms with Crippen LogP contribution in [0.5, 0.6) is 5.75 Å². The zero-order valence-electron chi connectivity index (χ0n) is 12.7. The van der Waals surface area contributed by atoms with E-state index in [2.05, 4.69) is 0 Å². The van der Waals surface area contributed by atoms with Gasteiger partial charge in [0.1, 0.15) is 18.2 Å². The van der Waals surface area contributed by atoms with Crippen LogP contribution in [0, 0.1) is 15.9 Å². The average Bonchev–Trinajstić information content (AvgIpc) is 2.55. The Morgan fingerprint density at radius 3 is 2.54 bits per heavy atom. The highest BCUT2D eigenvalue weighted by atomic mass is 35.5. The van der Waals surface area contributed by atoms with E-state index in [0.717, 1.165) is 6.07 Å². The van der Waals surface area contributed by atoms with E-state index in [4.69, 9.17) is 16.3 Å². The van der Waals surface area contributed by atoms with Crippen molar-refractivity contribution in [1.29, 1.82) is 0 Å². The van der Waals surface area contributed by atoms with Crippen molar-refractivity contribution < 1.29 is 18.8 Å². The zero-order chi connectivity index (χ0) is 17.7. The number of benzene rings is 2. The fourth-order valence-electron chi connectivity index (χ4n) is 1.93. The molecule has 0 aliphatic heterocycles. The highest BCUT2D eigenvalue weighted by Crippen LogP contribution is 2.23. The summed E-state index contributed by atoms with van der Waals surface area (Å²) in [6.07, 6.45) is 0. The number of nitro groups is 1. The molecule has 0 aliphatic carbocycles. The number of nitrogens with zero attached hydrogens (tertiary/aromatic N) is 2. The zero-order valence-corrected chi connectivity index (χ0v) is 13.5. The molecular formula is C16H14ClFN2O4. The van der Waals surface area contributed by atoms with Crippen LogP contribution in [-0.2, 0) is 0 Å². The molecule has 0 spiro atoms. The van der Waals surface area contributed by atoms with Crippen LogP contribution in [0.4, 0.5) is 10.1 Å². The molecule has 126 valence electrons. The third-order valence-corrected chi connectivity index (χ3v) is 3.56. The number of rotatable bonds is 6. The summed E-state index contributed by atoms with van der Waals surface area (Å²) in [5.74, 6) is -0.245. The van der Waals surface area contributed by atoms with Crippen LogP contribution in [0.1, 0.15) is 10.4 Å². The lowest BCUT2D eigenvalue weighted by molar-refractivity contribution is -0.384. The van der Waals surface area contributed by atoms with E-state index in [1.807, 2.05) is 0 Å². The highest BCUT2D eigenvalue weighted by molar-refractivity contribution is 6.34. The Kier molecular flexibility index (Phi) is 5.70. The second-order valence-electron chi connectivity index (χ2n) is 4.95. The number of carbonyl (C=O) groups excluding carboxylic acids is 1. The molecule has 0 atom stereocenters. The maximum atomic E-state index is 12.8. The Morgan fingerprint density at radius 2 is 1.96 bits per heavy atom. The van der Waals surface area contributed by atoms with Crippen LogP contribution in [0.15, 0.2) is 42.5 Å². The van der Waals surface area contributed by atoms with Crippen LogP contribution in [0.25, 0.3) is 0 Å². The SMILES string of the molecule is CN(CCOc1ccc(F)cc1)C(=O)c1ccc([N+](=O)[O-])cc1Cl. The Morgan fingerprint density at radius 1 is 1.29 bits per heavy atom. The molecule has 0 bridgehead atoms. The Hall–Kier alpha value is -2.67. The first kappa shape index (κ1) is 17.7. The van der Waals surface area contributed by atoms with Crippen molar-refractivity contribution in [3.05, 3.63) is 69.0 Å². The normalized spacial score (nSPS) is 10.3. The number of hydrogen-bond acceptors (Lipinski definition) is 4. The van der Waals surface area contributed by atoms with Gasteiger partial charge in [-0.1, -0.05) is 11.6 Å². The third kappa shape index (κ3) is 4.42. The van der Waals surface area contributed by atoms with E-state index in [1.54, 1.807) is 7.05 Å². The van der Waals surface area contributed by atoms with Crippen LogP contribution in [0.2, 0.25) is 5.02 Å². The third-order valence-electron chi connectivity index (χ3n) is 3.25. The quantitative estimate of drug-likeness (QED) is 0.588. The predicted octanol–water partition coefficient (Wildman–Crippen LogP) is 3.54. The minimum absolute atomic E-state index is 0.0144. The lowest BCUT2D eigenvalue weighted by atomic mass is 10.2. The molecule has 2 aromatic carbocycles. The molecule has 0 saturated heterocycles. The van der Waals surface area contributed by atoms with Gasteiger partial charge in [-0.25, -0.2) is 4.39 Å². The van der Waals surface area contributed by atoms with Crippen molar-refractivity contribution in [2.75, 3.05) is 20.2 Å². The standard InChI is InChI=1S/C16H14ClFN2O4/c1-19(8-9-24-13-5-2-11(18)3-6-13)16(21)14-7-4-12(20(22)23)10-15(14)17/h2-7,10H,8-9H2,1H3. The lowest BCUT2D eigenvalue weighted by Crippen LogP contribution is -2.31. The minimum atomic E-state index is -0.583. The van der Waals surface area contributed by atoms with Crippen molar-refractivity contribution in [3.8, 4) is 5.75 Å². The number of carbonyl (C=O) groups is 1. The van der Waals surface area contributed by atoms with Gasteiger partial charge in [0, 0.05) is 19.2 Å².